The van der Waals surface area contributed by atoms with E-state index in [1.54, 1.807) is 24.3 Å². The highest BCUT2D eigenvalue weighted by atomic mass is 35.5. The maximum absolute atomic E-state index is 11.9. The van der Waals surface area contributed by atoms with Gasteiger partial charge in [-0.05, 0) is 43.0 Å². The fraction of sp³-hybridized carbons (Fsp3) is 0.467. The first-order chi connectivity index (χ1) is 10.0. The highest BCUT2D eigenvalue weighted by Gasteiger charge is 2.18. The van der Waals surface area contributed by atoms with Crippen LogP contribution in [-0.2, 0) is 4.79 Å². The second-order valence-corrected chi connectivity index (χ2v) is 7.32. The highest BCUT2D eigenvalue weighted by molar-refractivity contribution is 8.23. The van der Waals surface area contributed by atoms with Crippen molar-refractivity contribution in [3.8, 4) is 0 Å². The first-order valence-corrected chi connectivity index (χ1v) is 8.79. The molecule has 2 rings (SSSR count). The second-order valence-electron chi connectivity index (χ2n) is 5.28. The van der Waals surface area contributed by atoms with Crippen LogP contribution in [0.25, 0.3) is 0 Å². The van der Waals surface area contributed by atoms with Gasteiger partial charge in [-0.3, -0.25) is 4.79 Å². The van der Waals surface area contributed by atoms with Gasteiger partial charge in [0.2, 0.25) is 5.91 Å². The smallest absolute Gasteiger partial charge is 0.234 e. The van der Waals surface area contributed by atoms with Crippen LogP contribution in [0.2, 0.25) is 5.02 Å². The van der Waals surface area contributed by atoms with Gasteiger partial charge in [0.15, 0.2) is 0 Å². The molecule has 1 heterocycles. The summed E-state index contributed by atoms with van der Waals surface area (Å²) in [7, 11) is 0. The number of piperidine rings is 1. The standard InChI is InChI=1S/C15H19ClN2OS2/c1-11-6-8-18(9-7-11)15(20)21-10-14(19)17-13-4-2-12(16)3-5-13/h2-5,11H,6-10H2,1H3,(H,17,19). The molecule has 1 aliphatic heterocycles. The maximum Gasteiger partial charge on any atom is 0.234 e. The minimum atomic E-state index is -0.0463. The van der Waals surface area contributed by atoms with Crippen molar-refractivity contribution in [1.29, 1.82) is 0 Å². The van der Waals surface area contributed by atoms with Crippen LogP contribution in [-0.4, -0.2) is 34.0 Å². The van der Waals surface area contributed by atoms with Crippen LogP contribution in [0.5, 0.6) is 0 Å². The Balaban J connectivity index is 1.73. The van der Waals surface area contributed by atoms with Crippen LogP contribution in [0, 0.1) is 5.92 Å². The van der Waals surface area contributed by atoms with Crippen molar-refractivity contribution >= 4 is 51.5 Å². The number of nitrogens with one attached hydrogen (secondary N) is 1. The molecule has 0 atom stereocenters. The van der Waals surface area contributed by atoms with Gasteiger partial charge < -0.3 is 10.2 Å². The lowest BCUT2D eigenvalue weighted by Crippen LogP contribution is -2.36. The van der Waals surface area contributed by atoms with Crippen LogP contribution in [0.1, 0.15) is 19.8 Å². The van der Waals surface area contributed by atoms with E-state index < -0.39 is 0 Å². The van der Waals surface area contributed by atoms with Crippen molar-refractivity contribution < 1.29 is 4.79 Å². The summed E-state index contributed by atoms with van der Waals surface area (Å²) in [5, 5.41) is 3.49. The molecule has 0 bridgehead atoms. The zero-order chi connectivity index (χ0) is 15.2. The van der Waals surface area contributed by atoms with Crippen LogP contribution in [0.15, 0.2) is 24.3 Å². The van der Waals surface area contributed by atoms with Gasteiger partial charge >= 0.3 is 0 Å². The van der Waals surface area contributed by atoms with E-state index in [1.807, 2.05) is 0 Å². The number of halogens is 1. The third kappa shape index (κ3) is 5.49. The SMILES string of the molecule is CC1CCN(C(=S)SCC(=O)Nc2ccc(Cl)cc2)CC1. The number of nitrogens with zero attached hydrogens (tertiary/aromatic N) is 1. The van der Waals surface area contributed by atoms with E-state index in [-0.39, 0.29) is 5.91 Å². The normalized spacial score (nSPS) is 15.8. The molecular weight excluding hydrogens is 324 g/mol. The van der Waals surface area contributed by atoms with E-state index in [0.29, 0.717) is 10.8 Å². The Hall–Kier alpha value is -0.780. The zero-order valence-electron chi connectivity index (χ0n) is 12.0. The summed E-state index contributed by atoms with van der Waals surface area (Å²) in [6, 6.07) is 7.08. The van der Waals surface area contributed by atoms with Crippen molar-refractivity contribution in [1.82, 2.24) is 4.90 Å². The Morgan fingerprint density at radius 2 is 2.00 bits per heavy atom. The fourth-order valence-electron chi connectivity index (χ4n) is 2.14. The van der Waals surface area contributed by atoms with Gasteiger partial charge in [-0.15, -0.1) is 0 Å². The lowest BCUT2D eigenvalue weighted by molar-refractivity contribution is -0.113. The van der Waals surface area contributed by atoms with Crippen molar-refractivity contribution in [2.75, 3.05) is 24.2 Å². The number of thioether (sulfide) groups is 1. The summed E-state index contributed by atoms with van der Waals surface area (Å²) in [6.45, 7) is 4.28. The Kier molecular flexibility index (Phi) is 6.33. The number of rotatable bonds is 3. The van der Waals surface area contributed by atoms with Crippen molar-refractivity contribution in [2.24, 2.45) is 5.92 Å². The van der Waals surface area contributed by atoms with Gasteiger partial charge in [0.1, 0.15) is 4.32 Å². The summed E-state index contributed by atoms with van der Waals surface area (Å²) in [5.74, 6) is 1.07. The van der Waals surface area contributed by atoms with Gasteiger partial charge in [-0.25, -0.2) is 0 Å². The number of carbonyl (C=O) groups excluding carboxylic acids is 1. The van der Waals surface area contributed by atoms with Crippen LogP contribution in [0.4, 0.5) is 5.69 Å². The average Bonchev–Trinajstić information content (AvgIpc) is 2.48. The summed E-state index contributed by atoms with van der Waals surface area (Å²) in [6.07, 6.45) is 2.36. The average molecular weight is 343 g/mol. The second kappa shape index (κ2) is 8.01. The molecule has 1 amide bonds. The van der Waals surface area contributed by atoms with Gasteiger partial charge in [0.25, 0.3) is 0 Å². The Morgan fingerprint density at radius 1 is 1.38 bits per heavy atom. The zero-order valence-corrected chi connectivity index (χ0v) is 14.4. The van der Waals surface area contributed by atoms with Crippen molar-refractivity contribution in [3.63, 3.8) is 0 Å². The Morgan fingerprint density at radius 3 is 2.62 bits per heavy atom. The molecule has 3 nitrogen and oxygen atoms in total. The summed E-state index contributed by atoms with van der Waals surface area (Å²) >= 11 is 12.6. The summed E-state index contributed by atoms with van der Waals surface area (Å²) < 4.78 is 0.827. The van der Waals surface area contributed by atoms with Crippen LogP contribution >= 0.6 is 35.6 Å². The first kappa shape index (κ1) is 16.6. The molecule has 1 aromatic rings. The number of carbonyl (C=O) groups is 1. The number of likely N-dealkylation sites (tertiary alicyclic amines) is 1. The molecular formula is C15H19ClN2OS2. The quantitative estimate of drug-likeness (QED) is 0.841. The maximum atomic E-state index is 11.9. The lowest BCUT2D eigenvalue weighted by atomic mass is 10.00. The summed E-state index contributed by atoms with van der Waals surface area (Å²) in [5.41, 5.74) is 0.753. The topological polar surface area (TPSA) is 32.3 Å². The Bertz CT molecular complexity index is 499. The van der Waals surface area contributed by atoms with Gasteiger partial charge in [-0.1, -0.05) is 42.5 Å². The minimum absolute atomic E-state index is 0.0463. The highest BCUT2D eigenvalue weighted by Crippen LogP contribution is 2.20. The van der Waals surface area contributed by atoms with E-state index in [1.165, 1.54) is 24.6 Å². The third-order valence-electron chi connectivity index (χ3n) is 3.50. The number of hydrogen-bond acceptors (Lipinski definition) is 3. The van der Waals surface area contributed by atoms with E-state index in [9.17, 15) is 4.79 Å². The van der Waals surface area contributed by atoms with Crippen molar-refractivity contribution in [2.45, 2.75) is 19.8 Å². The van der Waals surface area contributed by atoms with Gasteiger partial charge in [0.05, 0.1) is 5.75 Å². The lowest BCUT2D eigenvalue weighted by Gasteiger charge is -2.31. The molecule has 114 valence electrons. The molecule has 0 saturated carbocycles. The molecule has 1 saturated heterocycles. The number of amides is 1. The van der Waals surface area contributed by atoms with Gasteiger partial charge in [0, 0.05) is 23.8 Å². The molecule has 6 heteroatoms. The first-order valence-electron chi connectivity index (χ1n) is 7.01. The number of benzene rings is 1. The van der Waals surface area contributed by atoms with Crippen molar-refractivity contribution in [3.05, 3.63) is 29.3 Å². The predicted octanol–water partition coefficient (Wildman–Crippen LogP) is 4.03. The molecule has 0 aromatic heterocycles. The fourth-order valence-corrected chi connectivity index (χ4v) is 3.32. The molecule has 0 unspecified atom stereocenters. The molecule has 1 aliphatic rings. The molecule has 21 heavy (non-hydrogen) atoms. The molecule has 0 radical (unpaired) electrons. The number of thiocarbonyl (C=S) groups is 1. The predicted molar refractivity (Wildman–Crippen MR) is 95.1 cm³/mol. The molecule has 1 fully saturated rings. The third-order valence-corrected chi connectivity index (χ3v) is 5.27. The van der Waals surface area contributed by atoms with E-state index in [0.717, 1.165) is 29.0 Å². The Labute approximate surface area is 140 Å². The summed E-state index contributed by atoms with van der Waals surface area (Å²) in [4.78, 5) is 14.1. The van der Waals surface area contributed by atoms with Crippen LogP contribution < -0.4 is 5.32 Å². The molecule has 1 N–H and O–H groups in total. The molecule has 1 aromatic carbocycles. The number of hydrogen-bond donors (Lipinski definition) is 1. The van der Waals surface area contributed by atoms with E-state index in [2.05, 4.69) is 17.1 Å². The van der Waals surface area contributed by atoms with E-state index >= 15 is 0 Å². The molecule has 0 aliphatic carbocycles. The molecule has 0 spiro atoms. The van der Waals surface area contributed by atoms with E-state index in [4.69, 9.17) is 23.8 Å². The monoisotopic (exact) mass is 342 g/mol. The largest absolute Gasteiger partial charge is 0.357 e. The number of anilines is 1. The van der Waals surface area contributed by atoms with Gasteiger partial charge in [-0.2, -0.15) is 0 Å². The van der Waals surface area contributed by atoms with Crippen LogP contribution in [0.3, 0.4) is 0 Å². The minimum Gasteiger partial charge on any atom is -0.357 e.